The molecule has 2 aromatic heterocycles. The van der Waals surface area contributed by atoms with Crippen molar-refractivity contribution in [3.05, 3.63) is 40.6 Å². The van der Waals surface area contributed by atoms with Gasteiger partial charge in [-0.15, -0.1) is 11.3 Å². The summed E-state index contributed by atoms with van der Waals surface area (Å²) in [6.45, 7) is 7.14. The van der Waals surface area contributed by atoms with Gasteiger partial charge in [0.25, 0.3) is 0 Å². The van der Waals surface area contributed by atoms with Gasteiger partial charge in [0, 0.05) is 63.2 Å². The monoisotopic (exact) mass is 302 g/mol. The molecule has 112 valence electrons. The Bertz CT molecular complexity index is 577. The average Bonchev–Trinajstić information content (AvgIpc) is 3.18. The van der Waals surface area contributed by atoms with Crippen molar-refractivity contribution >= 4 is 11.3 Å². The molecule has 2 aliphatic rings. The molecule has 4 nitrogen and oxygen atoms in total. The van der Waals surface area contributed by atoms with E-state index in [4.69, 9.17) is 0 Å². The van der Waals surface area contributed by atoms with Crippen molar-refractivity contribution < 1.29 is 0 Å². The Morgan fingerprint density at radius 1 is 1.14 bits per heavy atom. The van der Waals surface area contributed by atoms with Gasteiger partial charge in [0.2, 0.25) is 0 Å². The first-order valence-corrected chi connectivity index (χ1v) is 8.59. The third-order valence-electron chi connectivity index (χ3n) is 4.92. The van der Waals surface area contributed by atoms with Crippen molar-refractivity contribution in [1.29, 1.82) is 0 Å². The van der Waals surface area contributed by atoms with E-state index in [-0.39, 0.29) is 0 Å². The van der Waals surface area contributed by atoms with Crippen LogP contribution < -0.4 is 0 Å². The van der Waals surface area contributed by atoms with Crippen LogP contribution in [0, 0.1) is 11.8 Å². The lowest BCUT2D eigenvalue weighted by atomic mass is 10.0. The molecule has 2 saturated heterocycles. The number of fused-ring (bicyclic) bond motifs is 1. The van der Waals surface area contributed by atoms with E-state index < -0.39 is 0 Å². The minimum Gasteiger partial charge on any atom is -0.353 e. The zero-order valence-electron chi connectivity index (χ0n) is 12.5. The molecule has 2 aliphatic heterocycles. The molecule has 0 aliphatic carbocycles. The third kappa shape index (κ3) is 2.78. The normalized spacial score (nSPS) is 26.5. The number of likely N-dealkylation sites (tertiary alicyclic amines) is 2. The maximum atomic E-state index is 4.41. The van der Waals surface area contributed by atoms with E-state index in [1.165, 1.54) is 36.9 Å². The summed E-state index contributed by atoms with van der Waals surface area (Å²) >= 11 is 1.78. The van der Waals surface area contributed by atoms with Gasteiger partial charge < -0.3 is 4.57 Å². The fraction of sp³-hybridized carbons (Fsp3) is 0.562. The van der Waals surface area contributed by atoms with Gasteiger partial charge in [-0.3, -0.25) is 9.80 Å². The summed E-state index contributed by atoms with van der Waals surface area (Å²) in [5.41, 5.74) is 1.43. The van der Waals surface area contributed by atoms with Gasteiger partial charge >= 0.3 is 0 Å². The van der Waals surface area contributed by atoms with Crippen LogP contribution in [-0.2, 0) is 20.1 Å². The number of aromatic nitrogens is 2. The summed E-state index contributed by atoms with van der Waals surface area (Å²) in [5.74, 6) is 1.70. The lowest BCUT2D eigenvalue weighted by Crippen LogP contribution is -2.28. The first-order chi connectivity index (χ1) is 10.3. The lowest BCUT2D eigenvalue weighted by molar-refractivity contribution is 0.243. The smallest absolute Gasteiger partial charge is 0.107 e. The van der Waals surface area contributed by atoms with Crippen molar-refractivity contribution in [3.63, 3.8) is 0 Å². The number of rotatable bonds is 4. The Morgan fingerprint density at radius 2 is 1.86 bits per heavy atom. The van der Waals surface area contributed by atoms with E-state index in [2.05, 4.69) is 50.1 Å². The second-order valence-corrected chi connectivity index (χ2v) is 7.42. The predicted molar refractivity (Wildman–Crippen MR) is 85.1 cm³/mol. The van der Waals surface area contributed by atoms with Crippen LogP contribution in [0.4, 0.5) is 0 Å². The van der Waals surface area contributed by atoms with Crippen molar-refractivity contribution in [2.75, 3.05) is 26.2 Å². The number of hydrogen-bond donors (Lipinski definition) is 0. The molecule has 0 aromatic carbocycles. The molecule has 2 atom stereocenters. The van der Waals surface area contributed by atoms with Crippen molar-refractivity contribution in [3.8, 4) is 0 Å². The molecule has 21 heavy (non-hydrogen) atoms. The summed E-state index contributed by atoms with van der Waals surface area (Å²) in [5, 5.41) is 3.34. The Morgan fingerprint density at radius 3 is 2.43 bits per heavy atom. The summed E-state index contributed by atoms with van der Waals surface area (Å²) in [6.07, 6.45) is 4.06. The summed E-state index contributed by atoms with van der Waals surface area (Å²) < 4.78 is 2.24. The Balaban J connectivity index is 1.32. The molecule has 0 N–H and O–H groups in total. The van der Waals surface area contributed by atoms with Crippen LogP contribution in [0.5, 0.6) is 0 Å². The van der Waals surface area contributed by atoms with E-state index >= 15 is 0 Å². The Kier molecular flexibility index (Phi) is 3.57. The number of thiazole rings is 1. The van der Waals surface area contributed by atoms with Gasteiger partial charge in [0.1, 0.15) is 5.01 Å². The minimum absolute atomic E-state index is 0.852. The largest absolute Gasteiger partial charge is 0.353 e. The predicted octanol–water partition coefficient (Wildman–Crippen LogP) is 2.05. The summed E-state index contributed by atoms with van der Waals surface area (Å²) in [6, 6.07) is 4.38. The Hall–Kier alpha value is -1.17. The van der Waals surface area contributed by atoms with E-state index in [1.54, 1.807) is 11.3 Å². The minimum atomic E-state index is 0.852. The third-order valence-corrected chi connectivity index (χ3v) is 5.68. The molecule has 0 amide bonds. The molecule has 0 spiro atoms. The van der Waals surface area contributed by atoms with Gasteiger partial charge in [-0.05, 0) is 24.0 Å². The number of aryl methyl sites for hydroxylation is 1. The van der Waals surface area contributed by atoms with Crippen LogP contribution in [0.25, 0.3) is 0 Å². The maximum Gasteiger partial charge on any atom is 0.107 e. The second-order valence-electron chi connectivity index (χ2n) is 6.44. The van der Waals surface area contributed by atoms with Gasteiger partial charge in [0.15, 0.2) is 0 Å². The molecule has 4 heterocycles. The zero-order valence-corrected chi connectivity index (χ0v) is 13.3. The highest BCUT2D eigenvalue weighted by Gasteiger charge is 2.39. The summed E-state index contributed by atoms with van der Waals surface area (Å²) in [7, 11) is 2.14. The summed E-state index contributed by atoms with van der Waals surface area (Å²) in [4.78, 5) is 9.63. The first-order valence-electron chi connectivity index (χ1n) is 7.71. The molecule has 0 radical (unpaired) electrons. The average molecular weight is 302 g/mol. The van der Waals surface area contributed by atoms with Crippen LogP contribution in [0.2, 0.25) is 0 Å². The highest BCUT2D eigenvalue weighted by molar-refractivity contribution is 7.09. The SMILES string of the molecule is Cn1cccc1CN1C[C@H]2CN(Cc3nccs3)C[C@H]2C1. The number of hydrogen-bond acceptors (Lipinski definition) is 4. The number of nitrogens with zero attached hydrogens (tertiary/aromatic N) is 4. The quantitative estimate of drug-likeness (QED) is 0.864. The fourth-order valence-corrected chi connectivity index (χ4v) is 4.52. The van der Waals surface area contributed by atoms with E-state index in [0.717, 1.165) is 24.9 Å². The lowest BCUT2D eigenvalue weighted by Gasteiger charge is -2.21. The van der Waals surface area contributed by atoms with E-state index in [0.29, 0.717) is 0 Å². The van der Waals surface area contributed by atoms with Crippen LogP contribution in [0.3, 0.4) is 0 Å². The van der Waals surface area contributed by atoms with Crippen LogP contribution in [0.1, 0.15) is 10.7 Å². The molecule has 4 rings (SSSR count). The van der Waals surface area contributed by atoms with Crippen LogP contribution in [-0.4, -0.2) is 45.5 Å². The molecule has 2 fully saturated rings. The van der Waals surface area contributed by atoms with Gasteiger partial charge in [-0.2, -0.15) is 0 Å². The molecular formula is C16H22N4S. The Labute approximate surface area is 130 Å². The van der Waals surface area contributed by atoms with Crippen LogP contribution >= 0.6 is 11.3 Å². The molecular weight excluding hydrogens is 280 g/mol. The van der Waals surface area contributed by atoms with Crippen LogP contribution in [0.15, 0.2) is 29.9 Å². The van der Waals surface area contributed by atoms with Gasteiger partial charge in [-0.1, -0.05) is 0 Å². The van der Waals surface area contributed by atoms with Crippen molar-refractivity contribution in [2.24, 2.45) is 18.9 Å². The molecule has 0 bridgehead atoms. The molecule has 0 saturated carbocycles. The maximum absolute atomic E-state index is 4.41. The molecule has 5 heteroatoms. The van der Waals surface area contributed by atoms with E-state index in [1.807, 2.05) is 6.20 Å². The first kappa shape index (κ1) is 13.5. The standard InChI is InChI=1S/C16H22N4S/c1-18-5-2-3-15(18)11-19-7-13-9-20(10-14(13)8-19)12-16-17-4-6-21-16/h2-6,13-14H,7-12H2,1H3/t13-,14+. The van der Waals surface area contributed by atoms with Gasteiger partial charge in [-0.25, -0.2) is 4.98 Å². The molecule has 2 aromatic rings. The van der Waals surface area contributed by atoms with Crippen molar-refractivity contribution in [2.45, 2.75) is 13.1 Å². The molecule has 0 unspecified atom stereocenters. The fourth-order valence-electron chi connectivity index (χ4n) is 3.86. The van der Waals surface area contributed by atoms with E-state index in [9.17, 15) is 0 Å². The van der Waals surface area contributed by atoms with Gasteiger partial charge in [0.05, 0.1) is 6.54 Å². The highest BCUT2D eigenvalue weighted by Crippen LogP contribution is 2.32. The topological polar surface area (TPSA) is 24.3 Å². The highest BCUT2D eigenvalue weighted by atomic mass is 32.1. The second kappa shape index (κ2) is 5.55. The zero-order chi connectivity index (χ0) is 14.2. The van der Waals surface area contributed by atoms with Crippen molar-refractivity contribution in [1.82, 2.24) is 19.4 Å².